The minimum absolute atomic E-state index is 0.125. The molecular weight excluding hydrogens is 212 g/mol. The van der Waals surface area contributed by atoms with Crippen LogP contribution in [-0.4, -0.2) is 10.9 Å². The molecule has 0 spiro atoms. The van der Waals surface area contributed by atoms with Gasteiger partial charge >= 0.3 is 0 Å². The lowest BCUT2D eigenvalue weighted by molar-refractivity contribution is 1.04. The van der Waals surface area contributed by atoms with Crippen molar-refractivity contribution in [2.45, 2.75) is 0 Å². The zero-order valence-corrected chi connectivity index (χ0v) is 8.48. The Kier molecular flexibility index (Phi) is 2.55. The fraction of sp³-hybridized carbons (Fsp3) is 0. The molecule has 0 bridgehead atoms. The van der Waals surface area contributed by atoms with Crippen LogP contribution in [0.1, 0.15) is 0 Å². The molecular formula is C8H8N6S. The van der Waals surface area contributed by atoms with Crippen LogP contribution in [0.3, 0.4) is 0 Å². The summed E-state index contributed by atoms with van der Waals surface area (Å²) in [5, 5.41) is 11.1. The van der Waals surface area contributed by atoms with Crippen LogP contribution in [0.15, 0.2) is 39.7 Å². The Morgan fingerprint density at radius 3 is 2.80 bits per heavy atom. The number of rotatable bonds is 2. The largest absolute Gasteiger partial charge is 0.368 e. The Labute approximate surface area is 89.3 Å². The average Bonchev–Trinajstić information content (AvgIpc) is 2.59. The molecule has 15 heavy (non-hydrogen) atoms. The summed E-state index contributed by atoms with van der Waals surface area (Å²) in [6.45, 7) is 0. The first kappa shape index (κ1) is 9.53. The minimum Gasteiger partial charge on any atom is -0.368 e. The number of hydrogen-bond acceptors (Lipinski definition) is 4. The Balaban J connectivity index is 2.30. The van der Waals surface area contributed by atoms with Gasteiger partial charge in [-0.25, -0.2) is 4.98 Å². The molecule has 0 atom stereocenters. The molecule has 6 nitrogen and oxygen atoms in total. The number of nitrogens with zero attached hydrogens (tertiary/aromatic N) is 4. The molecule has 4 N–H and O–H groups in total. The molecule has 7 heteroatoms. The number of guanidine groups is 1. The quantitative estimate of drug-likeness (QED) is 0.347. The third-order valence-electron chi connectivity index (χ3n) is 1.57. The van der Waals surface area contributed by atoms with Crippen LogP contribution in [0.4, 0.5) is 5.13 Å². The van der Waals surface area contributed by atoms with Crippen LogP contribution >= 0.6 is 11.3 Å². The van der Waals surface area contributed by atoms with E-state index in [4.69, 9.17) is 11.5 Å². The second-order valence-electron chi connectivity index (χ2n) is 2.68. The molecule has 0 unspecified atom stereocenters. The fourth-order valence-corrected chi connectivity index (χ4v) is 1.80. The van der Waals surface area contributed by atoms with Gasteiger partial charge in [-0.15, -0.1) is 0 Å². The Hall–Kier alpha value is -2.02. The second-order valence-corrected chi connectivity index (χ2v) is 3.69. The van der Waals surface area contributed by atoms with Gasteiger partial charge in [0.15, 0.2) is 0 Å². The minimum atomic E-state index is -0.125. The molecule has 0 aliphatic rings. The maximum atomic E-state index is 5.09. The highest BCUT2D eigenvalue weighted by molar-refractivity contribution is 7.21. The first-order chi connectivity index (χ1) is 7.25. The zero-order valence-electron chi connectivity index (χ0n) is 7.66. The molecule has 0 amide bonds. The number of para-hydroxylation sites is 1. The first-order valence-electron chi connectivity index (χ1n) is 4.11. The summed E-state index contributed by atoms with van der Waals surface area (Å²) in [5.74, 6) is -0.125. The first-order valence-corrected chi connectivity index (χ1v) is 4.92. The number of aromatic nitrogens is 1. The normalized spacial score (nSPS) is 10.9. The third-order valence-corrected chi connectivity index (χ3v) is 2.49. The van der Waals surface area contributed by atoms with Gasteiger partial charge in [0, 0.05) is 0 Å². The van der Waals surface area contributed by atoms with Crippen molar-refractivity contribution in [1.82, 2.24) is 4.98 Å². The van der Waals surface area contributed by atoms with E-state index in [9.17, 15) is 0 Å². The van der Waals surface area contributed by atoms with E-state index in [1.807, 2.05) is 24.3 Å². The number of fused-ring (bicyclic) bond motifs is 1. The van der Waals surface area contributed by atoms with Crippen LogP contribution in [0.25, 0.3) is 10.2 Å². The maximum Gasteiger partial charge on any atom is 0.232 e. The van der Waals surface area contributed by atoms with Crippen molar-refractivity contribution in [3.8, 4) is 0 Å². The van der Waals surface area contributed by atoms with Crippen molar-refractivity contribution in [2.75, 3.05) is 0 Å². The van der Waals surface area contributed by atoms with E-state index in [2.05, 4.69) is 20.4 Å². The fourth-order valence-electron chi connectivity index (χ4n) is 1.02. The summed E-state index contributed by atoms with van der Waals surface area (Å²) in [5.41, 5.74) is 11.1. The lowest BCUT2D eigenvalue weighted by Crippen LogP contribution is -2.21. The zero-order chi connectivity index (χ0) is 10.7. The molecule has 0 aliphatic carbocycles. The summed E-state index contributed by atoms with van der Waals surface area (Å²) in [6.07, 6.45) is 0. The lowest BCUT2D eigenvalue weighted by atomic mass is 10.3. The lowest BCUT2D eigenvalue weighted by Gasteiger charge is -1.81. The van der Waals surface area contributed by atoms with Crippen LogP contribution in [0.5, 0.6) is 0 Å². The predicted molar refractivity (Wildman–Crippen MR) is 59.9 cm³/mol. The van der Waals surface area contributed by atoms with Crippen LogP contribution in [-0.2, 0) is 0 Å². The number of nitrogens with two attached hydrogens (primary N) is 2. The molecule has 1 heterocycles. The van der Waals surface area contributed by atoms with Gasteiger partial charge in [-0.05, 0) is 17.4 Å². The highest BCUT2D eigenvalue weighted by atomic mass is 32.1. The summed E-state index contributed by atoms with van der Waals surface area (Å²) >= 11 is 1.43. The monoisotopic (exact) mass is 220 g/mol. The van der Waals surface area contributed by atoms with E-state index in [0.717, 1.165) is 10.2 Å². The standard InChI is InChI=1S/C8H8N6S/c9-7(10)12-14-13-8-11-5-3-1-2-4-6(5)15-8/h1-4H,(H4,9,10,11,12,13). The Morgan fingerprint density at radius 2 is 2.07 bits per heavy atom. The summed E-state index contributed by atoms with van der Waals surface area (Å²) in [6, 6.07) is 7.73. The number of thiazole rings is 1. The van der Waals surface area contributed by atoms with Crippen molar-refractivity contribution in [3.63, 3.8) is 0 Å². The van der Waals surface area contributed by atoms with Gasteiger partial charge in [-0.3, -0.25) is 0 Å². The SMILES string of the molecule is NC(N)=N/N=N/c1nc2ccccc2s1. The molecule has 2 aromatic rings. The molecule has 2 rings (SSSR count). The van der Waals surface area contributed by atoms with Gasteiger partial charge in [0.05, 0.1) is 10.2 Å². The average molecular weight is 220 g/mol. The Morgan fingerprint density at radius 1 is 1.27 bits per heavy atom. The molecule has 0 radical (unpaired) electrons. The summed E-state index contributed by atoms with van der Waals surface area (Å²) in [4.78, 5) is 4.22. The van der Waals surface area contributed by atoms with Crippen LogP contribution in [0.2, 0.25) is 0 Å². The van der Waals surface area contributed by atoms with Crippen molar-refractivity contribution in [1.29, 1.82) is 0 Å². The molecule has 0 fully saturated rings. The summed E-state index contributed by atoms with van der Waals surface area (Å²) < 4.78 is 1.05. The van der Waals surface area contributed by atoms with E-state index >= 15 is 0 Å². The number of hydrogen-bond donors (Lipinski definition) is 2. The van der Waals surface area contributed by atoms with Crippen molar-refractivity contribution < 1.29 is 0 Å². The maximum absolute atomic E-state index is 5.09. The summed E-state index contributed by atoms with van der Waals surface area (Å²) in [7, 11) is 0. The molecule has 0 saturated heterocycles. The van der Waals surface area contributed by atoms with Gasteiger partial charge in [-0.2, -0.15) is 0 Å². The van der Waals surface area contributed by atoms with Gasteiger partial charge in [-0.1, -0.05) is 33.7 Å². The topological polar surface area (TPSA) is 102 Å². The predicted octanol–water partition coefficient (Wildman–Crippen LogP) is 1.57. The van der Waals surface area contributed by atoms with Crippen LogP contribution in [0, 0.1) is 0 Å². The molecule has 76 valence electrons. The number of benzene rings is 1. The highest BCUT2D eigenvalue weighted by Crippen LogP contribution is 2.27. The molecule has 0 saturated carbocycles. The van der Waals surface area contributed by atoms with E-state index < -0.39 is 0 Å². The molecule has 1 aromatic heterocycles. The van der Waals surface area contributed by atoms with E-state index in [0.29, 0.717) is 5.13 Å². The van der Waals surface area contributed by atoms with Gasteiger partial charge < -0.3 is 11.5 Å². The van der Waals surface area contributed by atoms with Gasteiger partial charge in [0.25, 0.3) is 0 Å². The van der Waals surface area contributed by atoms with E-state index in [-0.39, 0.29) is 5.96 Å². The van der Waals surface area contributed by atoms with E-state index in [1.165, 1.54) is 11.3 Å². The second kappa shape index (κ2) is 4.01. The highest BCUT2D eigenvalue weighted by Gasteiger charge is 2.00. The van der Waals surface area contributed by atoms with Crippen LogP contribution < -0.4 is 11.5 Å². The Bertz CT molecular complexity index is 492. The van der Waals surface area contributed by atoms with Crippen molar-refractivity contribution >= 4 is 32.6 Å². The van der Waals surface area contributed by atoms with Gasteiger partial charge in [0.2, 0.25) is 11.1 Å². The third kappa shape index (κ3) is 2.26. The van der Waals surface area contributed by atoms with Gasteiger partial charge in [0.1, 0.15) is 0 Å². The smallest absolute Gasteiger partial charge is 0.232 e. The molecule has 0 aliphatic heterocycles. The molecule has 1 aromatic carbocycles. The van der Waals surface area contributed by atoms with Crippen molar-refractivity contribution in [3.05, 3.63) is 24.3 Å². The van der Waals surface area contributed by atoms with Crippen molar-refractivity contribution in [2.24, 2.45) is 26.9 Å². The van der Waals surface area contributed by atoms with E-state index in [1.54, 1.807) is 0 Å².